The van der Waals surface area contributed by atoms with Gasteiger partial charge in [0.25, 0.3) is 0 Å². The smallest absolute Gasteiger partial charge is 0.176 e. The molecule has 1 nitrogen and oxygen atoms in total. The summed E-state index contributed by atoms with van der Waals surface area (Å²) < 4.78 is 0. The van der Waals surface area contributed by atoms with Crippen molar-refractivity contribution in [3.05, 3.63) is 33.3 Å². The third kappa shape index (κ3) is 1.60. The van der Waals surface area contributed by atoms with E-state index in [0.29, 0.717) is 15.6 Å². The first-order valence-electron chi connectivity index (χ1n) is 4.26. The van der Waals surface area contributed by atoms with E-state index >= 15 is 0 Å². The lowest BCUT2D eigenvalue weighted by Crippen LogP contribution is -2.22. The Balaban J connectivity index is 2.59. The number of hydrogen-bond donors (Lipinski definition) is 0. The van der Waals surface area contributed by atoms with Gasteiger partial charge in [-0.25, -0.2) is 0 Å². The van der Waals surface area contributed by atoms with Crippen molar-refractivity contribution in [3.63, 3.8) is 0 Å². The predicted octanol–water partition coefficient (Wildman–Crippen LogP) is 3.89. The maximum atomic E-state index is 11.7. The van der Waals surface area contributed by atoms with Crippen LogP contribution in [-0.4, -0.2) is 10.6 Å². The molecule has 0 saturated carbocycles. The van der Waals surface area contributed by atoms with Crippen molar-refractivity contribution in [2.45, 2.75) is 17.7 Å². The first kappa shape index (κ1) is 10.5. The van der Waals surface area contributed by atoms with Crippen LogP contribution in [0.25, 0.3) is 0 Å². The maximum Gasteiger partial charge on any atom is 0.176 e. The molecule has 0 radical (unpaired) electrons. The zero-order valence-electron chi connectivity index (χ0n) is 7.19. The van der Waals surface area contributed by atoms with Crippen LogP contribution in [0, 0.1) is 0 Å². The zero-order chi connectivity index (χ0) is 10.3. The molecule has 1 aromatic carbocycles. The van der Waals surface area contributed by atoms with Crippen molar-refractivity contribution in [2.24, 2.45) is 0 Å². The van der Waals surface area contributed by atoms with Gasteiger partial charge in [0, 0.05) is 5.56 Å². The summed E-state index contributed by atoms with van der Waals surface area (Å²) in [5, 5.41) is 1.04. The number of halogens is 3. The summed E-state index contributed by atoms with van der Waals surface area (Å²) in [6, 6.07) is 3.42. The van der Waals surface area contributed by atoms with Gasteiger partial charge in [-0.3, -0.25) is 4.79 Å². The van der Waals surface area contributed by atoms with E-state index in [4.69, 9.17) is 23.2 Å². The van der Waals surface area contributed by atoms with Crippen molar-refractivity contribution in [1.82, 2.24) is 0 Å². The van der Waals surface area contributed by atoms with Gasteiger partial charge >= 0.3 is 0 Å². The van der Waals surface area contributed by atoms with Crippen molar-refractivity contribution < 1.29 is 4.79 Å². The molecule has 0 saturated heterocycles. The minimum absolute atomic E-state index is 0.0766. The average Bonchev–Trinajstić information content (AvgIpc) is 2.17. The number of carbonyl (C=O) groups is 1. The van der Waals surface area contributed by atoms with Crippen molar-refractivity contribution in [3.8, 4) is 0 Å². The monoisotopic (exact) mass is 292 g/mol. The highest BCUT2D eigenvalue weighted by Gasteiger charge is 2.27. The second-order valence-corrected chi connectivity index (χ2v) is 5.15. The molecule has 0 bridgehead atoms. The molecule has 1 atom stereocenters. The summed E-state index contributed by atoms with van der Waals surface area (Å²) >= 11 is 15.2. The number of carbonyl (C=O) groups excluding carboxylic acids is 1. The minimum atomic E-state index is -0.0766. The highest BCUT2D eigenvalue weighted by atomic mass is 79.9. The van der Waals surface area contributed by atoms with Crippen LogP contribution in [0.5, 0.6) is 0 Å². The molecule has 0 fully saturated rings. The number of alkyl halides is 1. The molecule has 0 N–H and O–H groups in total. The highest BCUT2D eigenvalue weighted by Crippen LogP contribution is 2.34. The van der Waals surface area contributed by atoms with Crippen LogP contribution in [-0.2, 0) is 6.42 Å². The maximum absolute atomic E-state index is 11.7. The van der Waals surface area contributed by atoms with Gasteiger partial charge in [0.15, 0.2) is 5.78 Å². The summed E-state index contributed by atoms with van der Waals surface area (Å²) in [5.41, 5.74) is 1.59. The molecular formula is C10H7BrCl2O. The van der Waals surface area contributed by atoms with Gasteiger partial charge < -0.3 is 0 Å². The van der Waals surface area contributed by atoms with Crippen LogP contribution in [0.2, 0.25) is 10.0 Å². The summed E-state index contributed by atoms with van der Waals surface area (Å²) in [7, 11) is 0. The standard InChI is InChI=1S/C10H7BrCl2O/c11-7-3-1-5-6(10(7)14)2-4-8(12)9(5)13/h2,4,7H,1,3H2/t7-/m0/s1. The molecule has 74 valence electrons. The number of fused-ring (bicyclic) bond motifs is 1. The van der Waals surface area contributed by atoms with E-state index in [2.05, 4.69) is 15.9 Å². The molecule has 0 amide bonds. The molecular weight excluding hydrogens is 287 g/mol. The van der Waals surface area contributed by atoms with E-state index in [0.717, 1.165) is 18.4 Å². The summed E-state index contributed by atoms with van der Waals surface area (Å²) in [6.45, 7) is 0. The van der Waals surface area contributed by atoms with Crippen LogP contribution in [0.4, 0.5) is 0 Å². The average molecular weight is 294 g/mol. The lowest BCUT2D eigenvalue weighted by Gasteiger charge is -2.20. The number of rotatable bonds is 0. The van der Waals surface area contributed by atoms with E-state index in [1.165, 1.54) is 0 Å². The Morgan fingerprint density at radius 3 is 2.79 bits per heavy atom. The molecule has 1 aromatic rings. The number of ketones is 1. The topological polar surface area (TPSA) is 17.1 Å². The minimum Gasteiger partial charge on any atom is -0.293 e. The van der Waals surface area contributed by atoms with Gasteiger partial charge in [-0.2, -0.15) is 0 Å². The van der Waals surface area contributed by atoms with E-state index in [1.54, 1.807) is 12.1 Å². The van der Waals surface area contributed by atoms with Gasteiger partial charge in [0.1, 0.15) is 0 Å². The zero-order valence-corrected chi connectivity index (χ0v) is 10.3. The fraction of sp³-hybridized carbons (Fsp3) is 0.300. The van der Waals surface area contributed by atoms with Crippen LogP contribution in [0.15, 0.2) is 12.1 Å². The second-order valence-electron chi connectivity index (χ2n) is 3.26. The summed E-state index contributed by atoms with van der Waals surface area (Å²) in [4.78, 5) is 11.7. The van der Waals surface area contributed by atoms with Gasteiger partial charge in [-0.15, -0.1) is 0 Å². The second kappa shape index (κ2) is 3.84. The fourth-order valence-electron chi connectivity index (χ4n) is 1.64. The first-order chi connectivity index (χ1) is 6.61. The Morgan fingerprint density at radius 2 is 2.07 bits per heavy atom. The molecule has 1 aliphatic carbocycles. The first-order valence-corrected chi connectivity index (χ1v) is 5.93. The molecule has 0 unspecified atom stereocenters. The van der Waals surface area contributed by atoms with E-state index in [9.17, 15) is 4.79 Å². The summed E-state index contributed by atoms with van der Waals surface area (Å²) in [5.74, 6) is 0.102. The Bertz CT molecular complexity index is 403. The third-order valence-electron chi connectivity index (χ3n) is 2.39. The van der Waals surface area contributed by atoms with Crippen LogP contribution in [0.3, 0.4) is 0 Å². The quantitative estimate of drug-likeness (QED) is 0.663. The van der Waals surface area contributed by atoms with Crippen LogP contribution < -0.4 is 0 Å². The highest BCUT2D eigenvalue weighted by molar-refractivity contribution is 9.10. The Kier molecular flexibility index (Phi) is 2.87. The van der Waals surface area contributed by atoms with E-state index in [-0.39, 0.29) is 10.6 Å². The number of Topliss-reactive ketones (excluding diaryl/α,β-unsaturated/α-hetero) is 1. The molecule has 0 spiro atoms. The normalized spacial score (nSPS) is 20.8. The van der Waals surface area contributed by atoms with Gasteiger partial charge in [-0.05, 0) is 30.5 Å². The molecule has 0 aliphatic heterocycles. The van der Waals surface area contributed by atoms with Gasteiger partial charge in [-0.1, -0.05) is 39.1 Å². The third-order valence-corrected chi connectivity index (χ3v) is 4.11. The van der Waals surface area contributed by atoms with Crippen LogP contribution >= 0.6 is 39.1 Å². The fourth-order valence-corrected chi connectivity index (χ4v) is 2.55. The number of benzene rings is 1. The lowest BCUT2D eigenvalue weighted by atomic mass is 9.90. The van der Waals surface area contributed by atoms with Crippen molar-refractivity contribution in [2.75, 3.05) is 0 Å². The van der Waals surface area contributed by atoms with E-state index in [1.807, 2.05) is 0 Å². The molecule has 0 heterocycles. The predicted molar refractivity (Wildman–Crippen MR) is 61.8 cm³/mol. The van der Waals surface area contributed by atoms with Crippen molar-refractivity contribution >= 4 is 44.9 Å². The molecule has 14 heavy (non-hydrogen) atoms. The Hall–Kier alpha value is -0.0500. The molecule has 1 aliphatic rings. The largest absolute Gasteiger partial charge is 0.293 e. The SMILES string of the molecule is O=C1c2ccc(Cl)c(Cl)c2CC[C@@H]1Br. The van der Waals surface area contributed by atoms with E-state index < -0.39 is 0 Å². The van der Waals surface area contributed by atoms with Crippen LogP contribution in [0.1, 0.15) is 22.3 Å². The van der Waals surface area contributed by atoms with Crippen molar-refractivity contribution in [1.29, 1.82) is 0 Å². The van der Waals surface area contributed by atoms with Gasteiger partial charge in [0.2, 0.25) is 0 Å². The molecule has 4 heteroatoms. The van der Waals surface area contributed by atoms with Gasteiger partial charge in [0.05, 0.1) is 14.9 Å². The summed E-state index contributed by atoms with van der Waals surface area (Å²) in [6.07, 6.45) is 1.59. The Labute approximate surface area is 101 Å². The lowest BCUT2D eigenvalue weighted by molar-refractivity contribution is 0.0981. The number of hydrogen-bond acceptors (Lipinski definition) is 1. The molecule has 0 aromatic heterocycles. The Morgan fingerprint density at radius 1 is 1.36 bits per heavy atom. The molecule has 2 rings (SSSR count).